The van der Waals surface area contributed by atoms with Gasteiger partial charge in [0.1, 0.15) is 0 Å². The molecule has 0 radical (unpaired) electrons. The van der Waals surface area contributed by atoms with Crippen molar-refractivity contribution in [3.63, 3.8) is 0 Å². The molecule has 1 aromatic heterocycles. The molecule has 1 heterocycles. The zero-order valence-electron chi connectivity index (χ0n) is 13.2. The Balaban J connectivity index is 1.87. The van der Waals surface area contributed by atoms with Crippen molar-refractivity contribution in [1.82, 2.24) is 5.32 Å². The summed E-state index contributed by atoms with van der Waals surface area (Å²) in [4.78, 5) is 13.7. The van der Waals surface area contributed by atoms with Crippen molar-refractivity contribution in [1.29, 1.82) is 5.26 Å². The Morgan fingerprint density at radius 1 is 1.08 bits per heavy atom. The first-order valence-corrected chi connectivity index (χ1v) is 8.46. The largest absolute Gasteiger partial charge is 0.340 e. The predicted octanol–water partition coefficient (Wildman–Crippen LogP) is 4.45. The Kier molecular flexibility index (Phi) is 4.74. The molecule has 2 aromatic carbocycles. The van der Waals surface area contributed by atoms with Crippen LogP contribution in [0.1, 0.15) is 38.0 Å². The Labute approximate surface area is 145 Å². The van der Waals surface area contributed by atoms with E-state index in [9.17, 15) is 4.79 Å². The lowest BCUT2D eigenvalue weighted by atomic mass is 10.0. The number of carbonyl (C=O) groups is 1. The fourth-order valence-electron chi connectivity index (χ4n) is 2.44. The van der Waals surface area contributed by atoms with Gasteiger partial charge in [-0.15, -0.1) is 11.3 Å². The number of amides is 1. The second-order valence-electron chi connectivity index (χ2n) is 5.52. The molecule has 0 bridgehead atoms. The highest BCUT2D eigenvalue weighted by atomic mass is 32.1. The van der Waals surface area contributed by atoms with Crippen molar-refractivity contribution in [2.24, 2.45) is 0 Å². The van der Waals surface area contributed by atoms with Crippen LogP contribution in [0.5, 0.6) is 0 Å². The molecule has 1 N–H and O–H groups in total. The van der Waals surface area contributed by atoms with E-state index in [4.69, 9.17) is 5.26 Å². The Morgan fingerprint density at radius 2 is 1.79 bits per heavy atom. The highest BCUT2D eigenvalue weighted by Gasteiger charge is 2.18. The van der Waals surface area contributed by atoms with Crippen LogP contribution in [0.4, 0.5) is 0 Å². The topological polar surface area (TPSA) is 52.9 Å². The van der Waals surface area contributed by atoms with Gasteiger partial charge in [-0.25, -0.2) is 0 Å². The van der Waals surface area contributed by atoms with E-state index in [-0.39, 0.29) is 11.9 Å². The van der Waals surface area contributed by atoms with E-state index in [1.807, 2.05) is 48.7 Å². The monoisotopic (exact) mass is 332 g/mol. The second-order valence-corrected chi connectivity index (χ2v) is 6.50. The standard InChI is InChI=1S/C20H16N2OS/c1-14-4-8-16(9-5-14)19(18-3-2-12-24-18)22-20(23)17-10-6-15(13-21)7-11-17/h2-12,19H,1H3,(H,22,23)/t19-/m1/s1. The fraction of sp³-hybridized carbons (Fsp3) is 0.100. The number of nitrogens with one attached hydrogen (secondary N) is 1. The van der Waals surface area contributed by atoms with Crippen molar-refractivity contribution in [2.45, 2.75) is 13.0 Å². The molecule has 0 saturated heterocycles. The van der Waals surface area contributed by atoms with Gasteiger partial charge in [0.25, 0.3) is 5.91 Å². The van der Waals surface area contributed by atoms with Gasteiger partial charge in [-0.1, -0.05) is 35.9 Å². The molecular formula is C20H16N2OS. The molecule has 0 aliphatic rings. The van der Waals surface area contributed by atoms with Crippen molar-refractivity contribution in [3.8, 4) is 6.07 Å². The molecule has 24 heavy (non-hydrogen) atoms. The highest BCUT2D eigenvalue weighted by molar-refractivity contribution is 7.10. The number of aryl methyl sites for hydroxylation is 1. The van der Waals surface area contributed by atoms with Gasteiger partial charge in [0.2, 0.25) is 0 Å². The van der Waals surface area contributed by atoms with Crippen molar-refractivity contribution >= 4 is 17.2 Å². The lowest BCUT2D eigenvalue weighted by Gasteiger charge is -2.18. The normalized spacial score (nSPS) is 11.5. The Morgan fingerprint density at radius 3 is 2.38 bits per heavy atom. The molecule has 3 nitrogen and oxygen atoms in total. The molecule has 1 amide bonds. The maximum atomic E-state index is 12.6. The summed E-state index contributed by atoms with van der Waals surface area (Å²) in [5, 5.41) is 14.0. The zero-order chi connectivity index (χ0) is 16.9. The smallest absolute Gasteiger partial charge is 0.252 e. The molecule has 0 spiro atoms. The maximum absolute atomic E-state index is 12.6. The van der Waals surface area contributed by atoms with E-state index in [1.54, 1.807) is 35.6 Å². The van der Waals surface area contributed by atoms with Gasteiger partial charge >= 0.3 is 0 Å². The molecule has 1 atom stereocenters. The average molecular weight is 332 g/mol. The van der Waals surface area contributed by atoms with Crippen LogP contribution in [-0.2, 0) is 0 Å². The van der Waals surface area contributed by atoms with Crippen LogP contribution in [0, 0.1) is 18.3 Å². The zero-order valence-corrected chi connectivity index (χ0v) is 14.0. The number of carbonyl (C=O) groups excluding carboxylic acids is 1. The molecule has 4 heteroatoms. The summed E-state index contributed by atoms with van der Waals surface area (Å²) in [5.41, 5.74) is 3.31. The molecule has 0 saturated carbocycles. The summed E-state index contributed by atoms with van der Waals surface area (Å²) < 4.78 is 0. The van der Waals surface area contributed by atoms with Gasteiger partial charge in [-0.3, -0.25) is 4.79 Å². The van der Waals surface area contributed by atoms with Crippen LogP contribution in [-0.4, -0.2) is 5.91 Å². The predicted molar refractivity (Wildman–Crippen MR) is 96.0 cm³/mol. The molecule has 118 valence electrons. The van der Waals surface area contributed by atoms with Crippen LogP contribution < -0.4 is 5.32 Å². The Bertz CT molecular complexity index is 860. The molecule has 0 unspecified atom stereocenters. The van der Waals surface area contributed by atoms with Crippen LogP contribution >= 0.6 is 11.3 Å². The third-order valence-corrected chi connectivity index (χ3v) is 4.73. The minimum Gasteiger partial charge on any atom is -0.340 e. The summed E-state index contributed by atoms with van der Waals surface area (Å²) in [6.07, 6.45) is 0. The average Bonchev–Trinajstić information content (AvgIpc) is 3.15. The second kappa shape index (κ2) is 7.12. The summed E-state index contributed by atoms with van der Waals surface area (Å²) in [6.45, 7) is 2.04. The summed E-state index contributed by atoms with van der Waals surface area (Å²) in [5.74, 6) is -0.154. The van der Waals surface area contributed by atoms with Crippen LogP contribution in [0.25, 0.3) is 0 Å². The first-order chi connectivity index (χ1) is 11.7. The number of nitrogens with zero attached hydrogens (tertiary/aromatic N) is 1. The lowest BCUT2D eigenvalue weighted by Crippen LogP contribution is -2.28. The van der Waals surface area contributed by atoms with Gasteiger partial charge in [0.05, 0.1) is 17.7 Å². The first-order valence-electron chi connectivity index (χ1n) is 7.58. The van der Waals surface area contributed by atoms with Gasteiger partial charge in [-0.05, 0) is 48.2 Å². The number of thiophene rings is 1. The number of nitriles is 1. The summed E-state index contributed by atoms with van der Waals surface area (Å²) in [6, 6.07) is 20.7. The maximum Gasteiger partial charge on any atom is 0.252 e. The lowest BCUT2D eigenvalue weighted by molar-refractivity contribution is 0.0943. The minimum absolute atomic E-state index is 0.154. The van der Waals surface area contributed by atoms with Crippen LogP contribution in [0.3, 0.4) is 0 Å². The third kappa shape index (κ3) is 3.53. The van der Waals surface area contributed by atoms with Crippen molar-refractivity contribution in [2.75, 3.05) is 0 Å². The minimum atomic E-state index is -0.186. The summed E-state index contributed by atoms with van der Waals surface area (Å²) >= 11 is 1.62. The molecule has 0 aliphatic carbocycles. The first kappa shape index (κ1) is 16.0. The number of benzene rings is 2. The SMILES string of the molecule is Cc1ccc([C@@H](NC(=O)c2ccc(C#N)cc2)c2cccs2)cc1. The van der Waals surface area contributed by atoms with E-state index in [1.165, 1.54) is 5.56 Å². The van der Waals surface area contributed by atoms with E-state index >= 15 is 0 Å². The van der Waals surface area contributed by atoms with Crippen LogP contribution in [0.15, 0.2) is 66.0 Å². The van der Waals surface area contributed by atoms with Gasteiger partial charge < -0.3 is 5.32 Å². The van der Waals surface area contributed by atoms with Gasteiger partial charge in [0.15, 0.2) is 0 Å². The van der Waals surface area contributed by atoms with Crippen molar-refractivity contribution < 1.29 is 4.79 Å². The van der Waals surface area contributed by atoms with Gasteiger partial charge in [-0.2, -0.15) is 5.26 Å². The van der Waals surface area contributed by atoms with Crippen molar-refractivity contribution in [3.05, 3.63) is 93.2 Å². The highest BCUT2D eigenvalue weighted by Crippen LogP contribution is 2.26. The van der Waals surface area contributed by atoms with Crippen LogP contribution in [0.2, 0.25) is 0 Å². The van der Waals surface area contributed by atoms with E-state index in [0.29, 0.717) is 11.1 Å². The number of hydrogen-bond acceptors (Lipinski definition) is 3. The van der Waals surface area contributed by atoms with E-state index < -0.39 is 0 Å². The fourth-order valence-corrected chi connectivity index (χ4v) is 3.25. The molecule has 0 fully saturated rings. The Hall–Kier alpha value is -2.90. The molecule has 3 rings (SSSR count). The van der Waals surface area contributed by atoms with E-state index in [2.05, 4.69) is 11.4 Å². The summed E-state index contributed by atoms with van der Waals surface area (Å²) in [7, 11) is 0. The molecule has 0 aliphatic heterocycles. The molecule has 3 aromatic rings. The number of hydrogen-bond donors (Lipinski definition) is 1. The van der Waals surface area contributed by atoms with E-state index in [0.717, 1.165) is 10.4 Å². The van der Waals surface area contributed by atoms with Gasteiger partial charge in [0, 0.05) is 10.4 Å². The third-order valence-electron chi connectivity index (χ3n) is 3.79. The quantitative estimate of drug-likeness (QED) is 0.767. The molecular weight excluding hydrogens is 316 g/mol. The number of rotatable bonds is 4.